The van der Waals surface area contributed by atoms with Gasteiger partial charge in [-0.1, -0.05) is 33.8 Å². The zero-order chi connectivity index (χ0) is 13.2. The van der Waals surface area contributed by atoms with Gasteiger partial charge in [0, 0.05) is 14.3 Å². The molecule has 2 aromatic carbocycles. The van der Waals surface area contributed by atoms with Gasteiger partial charge in [0.25, 0.3) is 0 Å². The van der Waals surface area contributed by atoms with Crippen molar-refractivity contribution in [2.45, 2.75) is 29.1 Å². The van der Waals surface area contributed by atoms with E-state index in [1.54, 1.807) is 11.8 Å². The predicted molar refractivity (Wildman–Crippen MR) is 81.4 cm³/mol. The molecular formula is C16H12BrNS. The third-order valence-electron chi connectivity index (χ3n) is 3.36. The van der Waals surface area contributed by atoms with E-state index in [1.807, 2.05) is 18.2 Å². The van der Waals surface area contributed by atoms with Gasteiger partial charge in [-0.3, -0.25) is 0 Å². The average Bonchev–Trinajstić information content (AvgIpc) is 2.86. The molecule has 3 heteroatoms. The van der Waals surface area contributed by atoms with Crippen LogP contribution in [0.25, 0.3) is 0 Å². The van der Waals surface area contributed by atoms with Crippen LogP contribution in [0.4, 0.5) is 0 Å². The van der Waals surface area contributed by atoms with Crippen LogP contribution in [0.5, 0.6) is 0 Å². The number of benzene rings is 2. The van der Waals surface area contributed by atoms with E-state index in [1.165, 1.54) is 35.3 Å². The normalized spacial score (nSPS) is 13.1. The Balaban J connectivity index is 1.93. The summed E-state index contributed by atoms with van der Waals surface area (Å²) >= 11 is 5.13. The van der Waals surface area contributed by atoms with Crippen molar-refractivity contribution in [3.05, 3.63) is 57.6 Å². The van der Waals surface area contributed by atoms with E-state index in [4.69, 9.17) is 5.26 Å². The van der Waals surface area contributed by atoms with Gasteiger partial charge in [0.1, 0.15) is 6.07 Å². The van der Waals surface area contributed by atoms with Crippen LogP contribution in [-0.2, 0) is 12.8 Å². The highest BCUT2D eigenvalue weighted by Crippen LogP contribution is 2.34. The van der Waals surface area contributed by atoms with E-state index in [0.29, 0.717) is 0 Å². The van der Waals surface area contributed by atoms with E-state index in [2.05, 4.69) is 40.2 Å². The lowest BCUT2D eigenvalue weighted by Gasteiger charge is -2.07. The molecular weight excluding hydrogens is 318 g/mol. The molecule has 0 radical (unpaired) electrons. The van der Waals surface area contributed by atoms with Gasteiger partial charge >= 0.3 is 0 Å². The molecule has 0 unspecified atom stereocenters. The third kappa shape index (κ3) is 2.70. The molecule has 0 atom stereocenters. The fraction of sp³-hybridized carbons (Fsp3) is 0.188. The Bertz CT molecular complexity index is 673. The molecule has 0 N–H and O–H groups in total. The number of rotatable bonds is 2. The van der Waals surface area contributed by atoms with Crippen LogP contribution in [0.3, 0.4) is 0 Å². The summed E-state index contributed by atoms with van der Waals surface area (Å²) in [7, 11) is 0. The van der Waals surface area contributed by atoms with Gasteiger partial charge in [-0.05, 0) is 60.7 Å². The Morgan fingerprint density at radius 2 is 1.89 bits per heavy atom. The Morgan fingerprint density at radius 3 is 2.74 bits per heavy atom. The van der Waals surface area contributed by atoms with Crippen LogP contribution in [0.1, 0.15) is 23.1 Å². The standard InChI is InChI=1S/C16H12BrNS/c17-14-6-4-13(10-18)16(9-14)19-15-7-5-11-2-1-3-12(11)8-15/h4-9H,1-3H2. The maximum absolute atomic E-state index is 9.16. The van der Waals surface area contributed by atoms with Crippen molar-refractivity contribution < 1.29 is 0 Å². The number of nitriles is 1. The van der Waals surface area contributed by atoms with Gasteiger partial charge < -0.3 is 0 Å². The molecule has 0 heterocycles. The molecule has 2 aromatic rings. The molecule has 19 heavy (non-hydrogen) atoms. The van der Waals surface area contributed by atoms with Gasteiger partial charge in [0.05, 0.1) is 5.56 Å². The number of nitrogens with zero attached hydrogens (tertiary/aromatic N) is 1. The Morgan fingerprint density at radius 1 is 1.05 bits per heavy atom. The predicted octanol–water partition coefficient (Wildman–Crippen LogP) is 4.96. The van der Waals surface area contributed by atoms with Crippen molar-refractivity contribution in [2.75, 3.05) is 0 Å². The van der Waals surface area contributed by atoms with Crippen molar-refractivity contribution >= 4 is 27.7 Å². The number of hydrogen-bond acceptors (Lipinski definition) is 2. The van der Waals surface area contributed by atoms with Gasteiger partial charge in [0.15, 0.2) is 0 Å². The minimum Gasteiger partial charge on any atom is -0.192 e. The van der Waals surface area contributed by atoms with E-state index >= 15 is 0 Å². The quantitative estimate of drug-likeness (QED) is 0.777. The highest BCUT2D eigenvalue weighted by atomic mass is 79.9. The molecule has 0 saturated carbocycles. The van der Waals surface area contributed by atoms with Crippen LogP contribution >= 0.6 is 27.7 Å². The van der Waals surface area contributed by atoms with Crippen LogP contribution < -0.4 is 0 Å². The minimum absolute atomic E-state index is 0.730. The number of halogens is 1. The summed E-state index contributed by atoms with van der Waals surface area (Å²) in [6.07, 6.45) is 3.66. The van der Waals surface area contributed by atoms with Crippen LogP contribution in [0, 0.1) is 11.3 Å². The topological polar surface area (TPSA) is 23.8 Å². The second-order valence-electron chi connectivity index (χ2n) is 4.64. The molecule has 94 valence electrons. The summed E-state index contributed by atoms with van der Waals surface area (Å²) in [5.41, 5.74) is 3.69. The summed E-state index contributed by atoms with van der Waals surface area (Å²) in [6.45, 7) is 0. The van der Waals surface area contributed by atoms with E-state index < -0.39 is 0 Å². The van der Waals surface area contributed by atoms with E-state index in [9.17, 15) is 0 Å². The molecule has 1 nitrogen and oxygen atoms in total. The fourth-order valence-electron chi connectivity index (χ4n) is 2.41. The molecule has 0 aliphatic heterocycles. The lowest BCUT2D eigenvalue weighted by Crippen LogP contribution is -1.85. The minimum atomic E-state index is 0.730. The molecule has 0 saturated heterocycles. The molecule has 0 aromatic heterocycles. The third-order valence-corrected chi connectivity index (χ3v) is 4.90. The first-order valence-electron chi connectivity index (χ1n) is 6.25. The summed E-state index contributed by atoms with van der Waals surface area (Å²) in [5.74, 6) is 0. The van der Waals surface area contributed by atoms with Crippen LogP contribution in [0.15, 0.2) is 50.7 Å². The molecule has 1 aliphatic carbocycles. The van der Waals surface area contributed by atoms with Crippen molar-refractivity contribution in [1.29, 1.82) is 5.26 Å². The molecule has 1 aliphatic rings. The smallest absolute Gasteiger partial charge is 0.100 e. The van der Waals surface area contributed by atoms with Crippen molar-refractivity contribution in [2.24, 2.45) is 0 Å². The van der Waals surface area contributed by atoms with Crippen molar-refractivity contribution in [3.8, 4) is 6.07 Å². The van der Waals surface area contributed by atoms with Gasteiger partial charge in [0.2, 0.25) is 0 Å². The first kappa shape index (κ1) is 12.8. The lowest BCUT2D eigenvalue weighted by atomic mass is 10.1. The second-order valence-corrected chi connectivity index (χ2v) is 6.67. The Kier molecular flexibility index (Phi) is 3.63. The fourth-order valence-corrected chi connectivity index (χ4v) is 3.92. The highest BCUT2D eigenvalue weighted by molar-refractivity contribution is 9.10. The van der Waals surface area contributed by atoms with Gasteiger partial charge in [-0.2, -0.15) is 5.26 Å². The molecule has 0 fully saturated rings. The largest absolute Gasteiger partial charge is 0.192 e. The number of aryl methyl sites for hydroxylation is 2. The van der Waals surface area contributed by atoms with Crippen molar-refractivity contribution in [3.63, 3.8) is 0 Å². The molecule has 0 amide bonds. The Hall–Kier alpha value is -1.24. The maximum Gasteiger partial charge on any atom is 0.100 e. The average molecular weight is 330 g/mol. The molecule has 0 spiro atoms. The van der Waals surface area contributed by atoms with Crippen molar-refractivity contribution in [1.82, 2.24) is 0 Å². The lowest BCUT2D eigenvalue weighted by molar-refractivity contribution is 0.911. The zero-order valence-electron chi connectivity index (χ0n) is 10.3. The zero-order valence-corrected chi connectivity index (χ0v) is 12.7. The van der Waals surface area contributed by atoms with E-state index in [-0.39, 0.29) is 0 Å². The van der Waals surface area contributed by atoms with Gasteiger partial charge in [-0.15, -0.1) is 0 Å². The SMILES string of the molecule is N#Cc1ccc(Br)cc1Sc1ccc2c(c1)CCC2. The van der Waals surface area contributed by atoms with Crippen LogP contribution in [-0.4, -0.2) is 0 Å². The summed E-state index contributed by atoms with van der Waals surface area (Å²) in [4.78, 5) is 2.23. The monoisotopic (exact) mass is 329 g/mol. The van der Waals surface area contributed by atoms with E-state index in [0.717, 1.165) is 14.9 Å². The first-order chi connectivity index (χ1) is 9.26. The number of fused-ring (bicyclic) bond motifs is 1. The van der Waals surface area contributed by atoms with Gasteiger partial charge in [-0.25, -0.2) is 0 Å². The first-order valence-corrected chi connectivity index (χ1v) is 7.86. The highest BCUT2D eigenvalue weighted by Gasteiger charge is 2.12. The summed E-state index contributed by atoms with van der Waals surface area (Å²) in [6, 6.07) is 14.7. The summed E-state index contributed by atoms with van der Waals surface area (Å²) < 4.78 is 1.01. The van der Waals surface area contributed by atoms with Crippen LogP contribution in [0.2, 0.25) is 0 Å². The summed E-state index contributed by atoms with van der Waals surface area (Å²) in [5, 5.41) is 9.16. The Labute approximate surface area is 125 Å². The second kappa shape index (κ2) is 5.40. The number of hydrogen-bond donors (Lipinski definition) is 0. The molecule has 0 bridgehead atoms. The molecule has 3 rings (SSSR count). The maximum atomic E-state index is 9.16.